The molecule has 118 valence electrons. The molecule has 0 radical (unpaired) electrons. The second-order valence-corrected chi connectivity index (χ2v) is 5.71. The minimum absolute atomic E-state index is 0.114. The Hall–Kier alpha value is -2.02. The lowest BCUT2D eigenvalue weighted by molar-refractivity contribution is -0.114. The van der Waals surface area contributed by atoms with E-state index in [0.717, 1.165) is 5.56 Å². The van der Waals surface area contributed by atoms with E-state index in [1.165, 1.54) is 14.0 Å². The van der Waals surface area contributed by atoms with Gasteiger partial charge in [0.25, 0.3) is 0 Å². The fraction of sp³-hybridized carbons (Fsp3) is 0.333. The lowest BCUT2D eigenvalue weighted by atomic mass is 9.93. The molecule has 0 fully saturated rings. The minimum Gasteiger partial charge on any atom is -0.493 e. The van der Waals surface area contributed by atoms with E-state index in [2.05, 4.69) is 26.6 Å². The average Bonchev–Trinajstić information content (AvgIpc) is 2.45. The molecule has 0 saturated heterocycles. The van der Waals surface area contributed by atoms with Crippen LogP contribution in [0.15, 0.2) is 27.9 Å². The molecule has 1 aromatic rings. The van der Waals surface area contributed by atoms with Crippen molar-refractivity contribution in [3.05, 3.63) is 33.4 Å². The van der Waals surface area contributed by atoms with E-state index in [0.29, 0.717) is 27.2 Å². The predicted octanol–water partition coefficient (Wildman–Crippen LogP) is 2.68. The standard InChI is InChI=1S/C15H17BrN2O4/c1-7-13(8(2)19)14(18-15(20)17-7)9-5-11(21-3)12(22-4)6-10(9)16/h5-6,14H,1-4H3,(H2,17,18,20)/t14-/m1/s1. The molecule has 1 heterocycles. The van der Waals surface area contributed by atoms with Gasteiger partial charge in [0.2, 0.25) is 0 Å². The highest BCUT2D eigenvalue weighted by molar-refractivity contribution is 9.10. The Morgan fingerprint density at radius 3 is 2.36 bits per heavy atom. The van der Waals surface area contributed by atoms with Crippen LogP contribution >= 0.6 is 15.9 Å². The first-order chi connectivity index (χ1) is 10.4. The lowest BCUT2D eigenvalue weighted by Gasteiger charge is -2.29. The third kappa shape index (κ3) is 2.94. The van der Waals surface area contributed by atoms with Crippen LogP contribution in [0, 0.1) is 0 Å². The Labute approximate surface area is 137 Å². The molecule has 0 aromatic heterocycles. The molecule has 2 N–H and O–H groups in total. The second-order valence-electron chi connectivity index (χ2n) is 4.86. The van der Waals surface area contributed by atoms with Crippen LogP contribution in [0.3, 0.4) is 0 Å². The number of benzene rings is 1. The number of ether oxygens (including phenoxy) is 2. The Kier molecular flexibility index (Phi) is 4.75. The number of hydrogen-bond acceptors (Lipinski definition) is 4. The van der Waals surface area contributed by atoms with Crippen molar-refractivity contribution in [3.63, 3.8) is 0 Å². The zero-order valence-corrected chi connectivity index (χ0v) is 14.3. The van der Waals surface area contributed by atoms with E-state index < -0.39 is 6.04 Å². The Morgan fingerprint density at radius 1 is 1.23 bits per heavy atom. The summed E-state index contributed by atoms with van der Waals surface area (Å²) in [5, 5.41) is 5.39. The van der Waals surface area contributed by atoms with E-state index in [1.54, 1.807) is 26.2 Å². The van der Waals surface area contributed by atoms with Gasteiger partial charge in [0, 0.05) is 15.7 Å². The summed E-state index contributed by atoms with van der Waals surface area (Å²) in [7, 11) is 3.07. The van der Waals surface area contributed by atoms with Crippen LogP contribution in [0.5, 0.6) is 11.5 Å². The third-order valence-corrected chi connectivity index (χ3v) is 4.15. The molecular weight excluding hydrogens is 352 g/mol. The zero-order chi connectivity index (χ0) is 16.4. The maximum atomic E-state index is 12.0. The van der Waals surface area contributed by atoms with Crippen LogP contribution in [0.4, 0.5) is 4.79 Å². The summed E-state index contributed by atoms with van der Waals surface area (Å²) >= 11 is 3.46. The number of rotatable bonds is 4. The van der Waals surface area contributed by atoms with Gasteiger partial charge in [0.15, 0.2) is 17.3 Å². The molecule has 7 heteroatoms. The largest absolute Gasteiger partial charge is 0.493 e. The molecule has 0 bridgehead atoms. The van der Waals surface area contributed by atoms with Crippen molar-refractivity contribution >= 4 is 27.7 Å². The SMILES string of the molecule is COc1cc(Br)c([C@H]2NC(=O)NC(C)=C2C(C)=O)cc1OC. The maximum Gasteiger partial charge on any atom is 0.319 e. The van der Waals surface area contributed by atoms with E-state index >= 15 is 0 Å². The van der Waals surface area contributed by atoms with Crippen molar-refractivity contribution in [1.82, 2.24) is 10.6 Å². The van der Waals surface area contributed by atoms with Crippen molar-refractivity contribution in [1.29, 1.82) is 0 Å². The number of carbonyl (C=O) groups is 2. The van der Waals surface area contributed by atoms with Crippen molar-refractivity contribution in [2.24, 2.45) is 0 Å². The highest BCUT2D eigenvalue weighted by atomic mass is 79.9. The van der Waals surface area contributed by atoms with E-state index in [4.69, 9.17) is 9.47 Å². The van der Waals surface area contributed by atoms with Gasteiger partial charge in [-0.15, -0.1) is 0 Å². The summed E-state index contributed by atoms with van der Waals surface area (Å²) < 4.78 is 11.3. The minimum atomic E-state index is -0.555. The van der Waals surface area contributed by atoms with Crippen molar-refractivity contribution in [3.8, 4) is 11.5 Å². The summed E-state index contributed by atoms with van der Waals surface area (Å²) in [6.45, 7) is 3.18. The van der Waals surface area contributed by atoms with E-state index in [9.17, 15) is 9.59 Å². The molecule has 22 heavy (non-hydrogen) atoms. The van der Waals surface area contributed by atoms with Crippen LogP contribution in [0.1, 0.15) is 25.5 Å². The van der Waals surface area contributed by atoms with Crippen molar-refractivity contribution in [2.45, 2.75) is 19.9 Å². The molecular formula is C15H17BrN2O4. The molecule has 0 saturated carbocycles. The average molecular weight is 369 g/mol. The number of urea groups is 1. The predicted molar refractivity (Wildman–Crippen MR) is 85.0 cm³/mol. The van der Waals surface area contributed by atoms with Gasteiger partial charge >= 0.3 is 6.03 Å². The number of Topliss-reactive ketones (excluding diaryl/α,β-unsaturated/α-hetero) is 1. The Balaban J connectivity index is 2.60. The number of methoxy groups -OCH3 is 2. The fourth-order valence-corrected chi connectivity index (χ4v) is 3.04. The number of amides is 2. The van der Waals surface area contributed by atoms with Crippen LogP contribution in [0.2, 0.25) is 0 Å². The zero-order valence-electron chi connectivity index (χ0n) is 12.7. The van der Waals surface area contributed by atoms with Crippen molar-refractivity contribution in [2.75, 3.05) is 14.2 Å². The number of allylic oxidation sites excluding steroid dienone is 1. The van der Waals surface area contributed by atoms with Gasteiger partial charge in [0.1, 0.15) is 0 Å². The fourth-order valence-electron chi connectivity index (χ4n) is 2.49. The van der Waals surface area contributed by atoms with E-state index in [1.807, 2.05) is 0 Å². The summed E-state index contributed by atoms with van der Waals surface area (Å²) in [4.78, 5) is 23.7. The van der Waals surface area contributed by atoms with Gasteiger partial charge < -0.3 is 20.1 Å². The smallest absolute Gasteiger partial charge is 0.319 e. The van der Waals surface area contributed by atoms with Crippen LogP contribution in [-0.2, 0) is 4.79 Å². The highest BCUT2D eigenvalue weighted by Gasteiger charge is 2.31. The monoisotopic (exact) mass is 368 g/mol. The molecule has 1 aromatic carbocycles. The van der Waals surface area contributed by atoms with Crippen LogP contribution in [0.25, 0.3) is 0 Å². The number of carbonyl (C=O) groups excluding carboxylic acids is 2. The summed E-state index contributed by atoms with van der Waals surface area (Å²) in [6.07, 6.45) is 0. The maximum absolute atomic E-state index is 12.0. The Bertz CT molecular complexity index is 670. The van der Waals surface area contributed by atoms with Gasteiger partial charge in [-0.05, 0) is 31.5 Å². The Morgan fingerprint density at radius 2 is 1.82 bits per heavy atom. The topological polar surface area (TPSA) is 76.7 Å². The lowest BCUT2D eigenvalue weighted by Crippen LogP contribution is -2.44. The molecule has 6 nitrogen and oxygen atoms in total. The molecule has 0 unspecified atom stereocenters. The first-order valence-electron chi connectivity index (χ1n) is 6.59. The van der Waals surface area contributed by atoms with Gasteiger partial charge in [0.05, 0.1) is 20.3 Å². The molecule has 1 atom stereocenters. The van der Waals surface area contributed by atoms with Gasteiger partial charge in [-0.2, -0.15) is 0 Å². The normalized spacial score (nSPS) is 17.7. The molecule has 0 aliphatic carbocycles. The molecule has 0 spiro atoms. The molecule has 1 aliphatic rings. The first-order valence-corrected chi connectivity index (χ1v) is 7.39. The van der Waals surface area contributed by atoms with Gasteiger partial charge in [-0.1, -0.05) is 15.9 Å². The van der Waals surface area contributed by atoms with Gasteiger partial charge in [-0.3, -0.25) is 4.79 Å². The van der Waals surface area contributed by atoms with Crippen molar-refractivity contribution < 1.29 is 19.1 Å². The number of hydrogen-bond donors (Lipinski definition) is 2. The number of nitrogens with one attached hydrogen (secondary N) is 2. The second kappa shape index (κ2) is 6.39. The molecule has 2 rings (SSSR count). The van der Waals surface area contributed by atoms with Crippen LogP contribution in [-0.4, -0.2) is 26.0 Å². The molecule has 2 amide bonds. The van der Waals surface area contributed by atoms with Crippen LogP contribution < -0.4 is 20.1 Å². The number of ketones is 1. The third-order valence-electron chi connectivity index (χ3n) is 3.46. The molecule has 1 aliphatic heterocycles. The first kappa shape index (κ1) is 16.4. The van der Waals surface area contributed by atoms with E-state index in [-0.39, 0.29) is 11.8 Å². The van der Waals surface area contributed by atoms with Gasteiger partial charge in [-0.25, -0.2) is 4.79 Å². The summed E-state index contributed by atoms with van der Waals surface area (Å²) in [5.41, 5.74) is 1.77. The highest BCUT2D eigenvalue weighted by Crippen LogP contribution is 2.39. The summed E-state index contributed by atoms with van der Waals surface area (Å²) in [5.74, 6) is 0.967. The quantitative estimate of drug-likeness (QED) is 0.856. The number of halogens is 1. The summed E-state index contributed by atoms with van der Waals surface area (Å²) in [6, 6.07) is 2.58.